The van der Waals surface area contributed by atoms with Crippen molar-refractivity contribution in [1.82, 2.24) is 9.97 Å². The van der Waals surface area contributed by atoms with Gasteiger partial charge in [-0.15, -0.1) is 0 Å². The third-order valence-corrected chi connectivity index (χ3v) is 3.42. The Hall–Kier alpha value is -1.19. The smallest absolute Gasteiger partial charge is 0.145 e. The normalized spacial score (nSPS) is 10.7. The van der Waals surface area contributed by atoms with Crippen LogP contribution in [0.4, 0.5) is 4.39 Å². The molecule has 18 heavy (non-hydrogen) atoms. The fourth-order valence-corrected chi connectivity index (χ4v) is 2.01. The van der Waals surface area contributed by atoms with Crippen LogP contribution in [0.5, 0.6) is 0 Å². The lowest BCUT2D eigenvalue weighted by Gasteiger charge is -2.07. The Bertz CT molecular complexity index is 577. The summed E-state index contributed by atoms with van der Waals surface area (Å²) in [6.07, 6.45) is 0.271. The van der Waals surface area contributed by atoms with Gasteiger partial charge in [0.15, 0.2) is 0 Å². The molecule has 1 heterocycles. The minimum absolute atomic E-state index is 0.0995. The standard InChI is InChI=1S/C13H11Cl2FN2/c1-7-8(2)17-11(18-13(7)15)6-9-4-3-5-10(14)12(9)16/h3-5H,6H2,1-2H3. The van der Waals surface area contributed by atoms with E-state index in [0.717, 1.165) is 11.3 Å². The third kappa shape index (κ3) is 2.62. The topological polar surface area (TPSA) is 25.8 Å². The van der Waals surface area contributed by atoms with E-state index in [0.29, 0.717) is 16.5 Å². The number of aromatic nitrogens is 2. The lowest BCUT2D eigenvalue weighted by Crippen LogP contribution is -2.03. The highest BCUT2D eigenvalue weighted by molar-refractivity contribution is 6.30. The highest BCUT2D eigenvalue weighted by atomic mass is 35.5. The van der Waals surface area contributed by atoms with Crippen LogP contribution in [0.1, 0.15) is 22.6 Å². The van der Waals surface area contributed by atoms with Crippen molar-refractivity contribution in [2.75, 3.05) is 0 Å². The van der Waals surface area contributed by atoms with E-state index in [4.69, 9.17) is 23.2 Å². The molecule has 2 aromatic rings. The second kappa shape index (κ2) is 5.21. The first-order valence-corrected chi connectivity index (χ1v) is 6.17. The van der Waals surface area contributed by atoms with Gasteiger partial charge in [0.05, 0.1) is 5.02 Å². The van der Waals surface area contributed by atoms with E-state index in [9.17, 15) is 4.39 Å². The van der Waals surface area contributed by atoms with Crippen LogP contribution in [0.15, 0.2) is 18.2 Å². The lowest BCUT2D eigenvalue weighted by atomic mass is 10.1. The molecular weight excluding hydrogens is 274 g/mol. The molecule has 0 amide bonds. The summed E-state index contributed by atoms with van der Waals surface area (Å²) in [5.41, 5.74) is 2.10. The average molecular weight is 285 g/mol. The van der Waals surface area contributed by atoms with E-state index < -0.39 is 5.82 Å². The second-order valence-electron chi connectivity index (χ2n) is 4.03. The Balaban J connectivity index is 2.37. The number of benzene rings is 1. The minimum atomic E-state index is -0.433. The maximum atomic E-state index is 13.7. The van der Waals surface area contributed by atoms with Gasteiger partial charge in [0, 0.05) is 17.7 Å². The van der Waals surface area contributed by atoms with Crippen LogP contribution in [0.2, 0.25) is 10.2 Å². The summed E-state index contributed by atoms with van der Waals surface area (Å²) in [5, 5.41) is 0.502. The number of aryl methyl sites for hydroxylation is 1. The predicted molar refractivity (Wildman–Crippen MR) is 70.7 cm³/mol. The molecular formula is C13H11Cl2FN2. The SMILES string of the molecule is Cc1nc(Cc2cccc(Cl)c2F)nc(Cl)c1C. The van der Waals surface area contributed by atoms with Gasteiger partial charge in [-0.2, -0.15) is 0 Å². The van der Waals surface area contributed by atoms with E-state index in [2.05, 4.69) is 9.97 Å². The Morgan fingerprint density at radius 3 is 2.56 bits per heavy atom. The van der Waals surface area contributed by atoms with Crippen molar-refractivity contribution in [2.45, 2.75) is 20.3 Å². The van der Waals surface area contributed by atoms with Gasteiger partial charge in [-0.05, 0) is 25.5 Å². The van der Waals surface area contributed by atoms with Crippen LogP contribution >= 0.6 is 23.2 Å². The van der Waals surface area contributed by atoms with Gasteiger partial charge in [0.2, 0.25) is 0 Å². The molecule has 5 heteroatoms. The Kier molecular flexibility index (Phi) is 3.83. The molecule has 0 aliphatic heterocycles. The van der Waals surface area contributed by atoms with Gasteiger partial charge in [-0.3, -0.25) is 0 Å². The van der Waals surface area contributed by atoms with Crippen LogP contribution in [0.3, 0.4) is 0 Å². The van der Waals surface area contributed by atoms with Crippen molar-refractivity contribution in [3.05, 3.63) is 56.8 Å². The van der Waals surface area contributed by atoms with E-state index in [1.54, 1.807) is 12.1 Å². The van der Waals surface area contributed by atoms with Crippen LogP contribution in [-0.4, -0.2) is 9.97 Å². The van der Waals surface area contributed by atoms with Crippen molar-refractivity contribution >= 4 is 23.2 Å². The van der Waals surface area contributed by atoms with Crippen LogP contribution in [0.25, 0.3) is 0 Å². The molecule has 1 aromatic carbocycles. The van der Waals surface area contributed by atoms with Crippen molar-refractivity contribution in [3.8, 4) is 0 Å². The first-order chi connectivity index (χ1) is 8.49. The first-order valence-electron chi connectivity index (χ1n) is 5.41. The van der Waals surface area contributed by atoms with Crippen LogP contribution in [0, 0.1) is 19.7 Å². The average Bonchev–Trinajstić information content (AvgIpc) is 2.32. The summed E-state index contributed by atoms with van der Waals surface area (Å²) in [6.45, 7) is 3.70. The lowest BCUT2D eigenvalue weighted by molar-refractivity contribution is 0.612. The highest BCUT2D eigenvalue weighted by Gasteiger charge is 2.11. The molecule has 0 bridgehead atoms. The molecule has 0 N–H and O–H groups in total. The van der Waals surface area contributed by atoms with E-state index >= 15 is 0 Å². The van der Waals surface area contributed by atoms with Crippen molar-refractivity contribution in [1.29, 1.82) is 0 Å². The van der Waals surface area contributed by atoms with Crippen molar-refractivity contribution < 1.29 is 4.39 Å². The molecule has 2 nitrogen and oxygen atoms in total. The number of nitrogens with zero attached hydrogens (tertiary/aromatic N) is 2. The highest BCUT2D eigenvalue weighted by Crippen LogP contribution is 2.21. The maximum Gasteiger partial charge on any atom is 0.145 e. The Labute approximate surface area is 115 Å². The fraction of sp³-hybridized carbons (Fsp3) is 0.231. The molecule has 0 radical (unpaired) electrons. The molecule has 2 rings (SSSR count). The minimum Gasteiger partial charge on any atom is -0.238 e. The molecule has 0 spiro atoms. The van der Waals surface area contributed by atoms with Gasteiger partial charge < -0.3 is 0 Å². The van der Waals surface area contributed by atoms with Crippen LogP contribution in [-0.2, 0) is 6.42 Å². The molecule has 0 atom stereocenters. The Morgan fingerprint density at radius 2 is 1.89 bits per heavy atom. The molecule has 0 fully saturated rings. The predicted octanol–water partition coefficient (Wildman–Crippen LogP) is 4.13. The molecule has 0 saturated heterocycles. The second-order valence-corrected chi connectivity index (χ2v) is 4.80. The Morgan fingerprint density at radius 1 is 1.17 bits per heavy atom. The largest absolute Gasteiger partial charge is 0.238 e. The summed E-state index contributed by atoms with van der Waals surface area (Å²) in [6, 6.07) is 4.87. The molecule has 0 aliphatic carbocycles. The number of rotatable bonds is 2. The van der Waals surface area contributed by atoms with Crippen molar-refractivity contribution in [2.24, 2.45) is 0 Å². The van der Waals surface area contributed by atoms with Gasteiger partial charge >= 0.3 is 0 Å². The quantitative estimate of drug-likeness (QED) is 0.775. The maximum absolute atomic E-state index is 13.7. The van der Waals surface area contributed by atoms with Gasteiger partial charge in [-0.1, -0.05) is 35.3 Å². The van der Waals surface area contributed by atoms with E-state index in [1.807, 2.05) is 13.8 Å². The molecule has 0 unspecified atom stereocenters. The first kappa shape index (κ1) is 13.2. The summed E-state index contributed by atoms with van der Waals surface area (Å²) >= 11 is 11.7. The summed E-state index contributed by atoms with van der Waals surface area (Å²) in [7, 11) is 0. The number of hydrogen-bond acceptors (Lipinski definition) is 2. The van der Waals surface area contributed by atoms with Gasteiger partial charge in [0.25, 0.3) is 0 Å². The number of hydrogen-bond donors (Lipinski definition) is 0. The zero-order valence-electron chi connectivity index (χ0n) is 9.97. The number of halogens is 3. The molecule has 1 aromatic heterocycles. The summed E-state index contributed by atoms with van der Waals surface area (Å²) < 4.78 is 13.7. The molecule has 94 valence electrons. The molecule has 0 aliphatic rings. The van der Waals surface area contributed by atoms with Gasteiger partial charge in [0.1, 0.15) is 16.8 Å². The summed E-state index contributed by atoms with van der Waals surface area (Å²) in [4.78, 5) is 8.44. The van der Waals surface area contributed by atoms with E-state index in [-0.39, 0.29) is 11.4 Å². The van der Waals surface area contributed by atoms with Gasteiger partial charge in [-0.25, -0.2) is 14.4 Å². The zero-order valence-corrected chi connectivity index (χ0v) is 11.5. The zero-order chi connectivity index (χ0) is 13.3. The fourth-order valence-electron chi connectivity index (χ4n) is 1.58. The van der Waals surface area contributed by atoms with Crippen molar-refractivity contribution in [3.63, 3.8) is 0 Å². The van der Waals surface area contributed by atoms with E-state index in [1.165, 1.54) is 6.07 Å². The summed E-state index contributed by atoms with van der Waals surface area (Å²) in [5.74, 6) is 0.0568. The third-order valence-electron chi connectivity index (χ3n) is 2.76. The van der Waals surface area contributed by atoms with Crippen LogP contribution < -0.4 is 0 Å². The monoisotopic (exact) mass is 284 g/mol. The molecule has 0 saturated carbocycles.